The Labute approximate surface area is 184 Å². The summed E-state index contributed by atoms with van der Waals surface area (Å²) in [5, 5.41) is 0. The van der Waals surface area contributed by atoms with Gasteiger partial charge in [0.05, 0.1) is 13.7 Å². The average Bonchev–Trinajstić information content (AvgIpc) is 3.52. The van der Waals surface area contributed by atoms with Crippen molar-refractivity contribution in [3.8, 4) is 5.75 Å². The second-order valence-electron chi connectivity index (χ2n) is 7.53. The molecule has 2 amide bonds. The summed E-state index contributed by atoms with van der Waals surface area (Å²) in [5.74, 6) is 1.22. The third-order valence-electron chi connectivity index (χ3n) is 5.48. The standard InChI is InChI=1S/C23H25N3O4S/c1-15-16(2)31-23(24-21(27)17-7-6-8-18(13-17)29-3)26(15)14-19-9-10-20(30-19)22(28)25-11-4-5-12-25/h6-10,13H,4-5,11-12,14H2,1-3H3. The van der Waals surface area contributed by atoms with Gasteiger partial charge in [-0.1, -0.05) is 6.07 Å². The number of carbonyl (C=O) groups excluding carboxylic acids is 2. The van der Waals surface area contributed by atoms with Crippen LogP contribution in [0.1, 0.15) is 50.1 Å². The van der Waals surface area contributed by atoms with E-state index in [1.165, 1.54) is 11.3 Å². The predicted octanol–water partition coefficient (Wildman–Crippen LogP) is 3.79. The third-order valence-corrected chi connectivity index (χ3v) is 6.58. The van der Waals surface area contributed by atoms with E-state index in [1.807, 2.05) is 29.4 Å². The number of ether oxygens (including phenoxy) is 1. The van der Waals surface area contributed by atoms with Gasteiger partial charge in [-0.05, 0) is 57.0 Å². The molecule has 0 aliphatic carbocycles. The van der Waals surface area contributed by atoms with Crippen LogP contribution in [0.5, 0.6) is 5.75 Å². The Hall–Kier alpha value is -3.13. The lowest BCUT2D eigenvalue weighted by molar-refractivity contribution is 0.0759. The lowest BCUT2D eigenvalue weighted by Crippen LogP contribution is -2.27. The highest BCUT2D eigenvalue weighted by molar-refractivity contribution is 7.09. The Balaban J connectivity index is 1.60. The molecule has 8 heteroatoms. The van der Waals surface area contributed by atoms with Gasteiger partial charge in [0.15, 0.2) is 10.6 Å². The molecule has 3 aromatic rings. The van der Waals surface area contributed by atoms with Crippen LogP contribution in [0.2, 0.25) is 0 Å². The van der Waals surface area contributed by atoms with Crippen LogP contribution in [-0.2, 0) is 6.54 Å². The Kier molecular flexibility index (Phi) is 6.08. The maximum absolute atomic E-state index is 12.7. The summed E-state index contributed by atoms with van der Waals surface area (Å²) < 4.78 is 13.0. The predicted molar refractivity (Wildman–Crippen MR) is 118 cm³/mol. The molecule has 162 valence electrons. The number of carbonyl (C=O) groups is 2. The maximum atomic E-state index is 12.7. The molecular weight excluding hydrogens is 414 g/mol. The summed E-state index contributed by atoms with van der Waals surface area (Å²) in [7, 11) is 1.56. The number of aromatic nitrogens is 1. The van der Waals surface area contributed by atoms with Crippen molar-refractivity contribution in [2.24, 2.45) is 4.99 Å². The van der Waals surface area contributed by atoms with Gasteiger partial charge in [0.1, 0.15) is 11.5 Å². The zero-order valence-corrected chi connectivity index (χ0v) is 18.7. The Morgan fingerprint density at radius 1 is 1.16 bits per heavy atom. The molecule has 0 N–H and O–H groups in total. The third kappa shape index (κ3) is 4.49. The van der Waals surface area contributed by atoms with Gasteiger partial charge in [0, 0.05) is 29.2 Å². The number of rotatable bonds is 5. The first kappa shape index (κ1) is 21.1. The normalized spacial score (nSPS) is 14.3. The number of hydrogen-bond donors (Lipinski definition) is 0. The number of amides is 2. The molecule has 0 atom stereocenters. The summed E-state index contributed by atoms with van der Waals surface area (Å²) in [5.41, 5.74) is 1.47. The number of aryl methyl sites for hydroxylation is 1. The van der Waals surface area contributed by atoms with Crippen molar-refractivity contribution >= 4 is 23.2 Å². The summed E-state index contributed by atoms with van der Waals surface area (Å²) in [4.78, 5) is 33.1. The topological polar surface area (TPSA) is 77.0 Å². The summed E-state index contributed by atoms with van der Waals surface area (Å²) >= 11 is 1.45. The first-order valence-corrected chi connectivity index (χ1v) is 11.1. The van der Waals surface area contributed by atoms with E-state index in [2.05, 4.69) is 4.99 Å². The van der Waals surface area contributed by atoms with Crippen molar-refractivity contribution in [1.29, 1.82) is 0 Å². The first-order chi connectivity index (χ1) is 15.0. The monoisotopic (exact) mass is 439 g/mol. The lowest BCUT2D eigenvalue weighted by Gasteiger charge is -2.12. The molecule has 3 heterocycles. The number of hydrogen-bond acceptors (Lipinski definition) is 5. The number of benzene rings is 1. The minimum atomic E-state index is -0.335. The zero-order valence-electron chi connectivity index (χ0n) is 17.9. The highest BCUT2D eigenvalue weighted by Crippen LogP contribution is 2.18. The second-order valence-corrected chi connectivity index (χ2v) is 8.71. The average molecular weight is 440 g/mol. The van der Waals surface area contributed by atoms with E-state index in [0.29, 0.717) is 34.2 Å². The Morgan fingerprint density at radius 2 is 1.94 bits per heavy atom. The zero-order chi connectivity index (χ0) is 22.0. The van der Waals surface area contributed by atoms with E-state index < -0.39 is 0 Å². The van der Waals surface area contributed by atoms with Crippen molar-refractivity contribution in [2.45, 2.75) is 33.2 Å². The number of thiazole rings is 1. The molecule has 0 spiro atoms. The number of furan rings is 1. The van der Waals surface area contributed by atoms with Gasteiger partial charge in [-0.15, -0.1) is 11.3 Å². The molecule has 7 nitrogen and oxygen atoms in total. The number of likely N-dealkylation sites (tertiary alicyclic amines) is 1. The lowest BCUT2D eigenvalue weighted by atomic mass is 10.2. The van der Waals surface area contributed by atoms with Crippen molar-refractivity contribution < 1.29 is 18.7 Å². The van der Waals surface area contributed by atoms with E-state index in [4.69, 9.17) is 9.15 Å². The smallest absolute Gasteiger partial charge is 0.289 e. The molecule has 0 radical (unpaired) electrons. The molecule has 1 aromatic carbocycles. The maximum Gasteiger partial charge on any atom is 0.289 e. The second kappa shape index (κ2) is 8.93. The summed E-state index contributed by atoms with van der Waals surface area (Å²) in [6.45, 7) is 5.94. The molecule has 4 rings (SSSR count). The highest BCUT2D eigenvalue weighted by Gasteiger charge is 2.22. The largest absolute Gasteiger partial charge is 0.497 e. The summed E-state index contributed by atoms with van der Waals surface area (Å²) in [6, 6.07) is 10.5. The summed E-state index contributed by atoms with van der Waals surface area (Å²) in [6.07, 6.45) is 2.07. The van der Waals surface area contributed by atoms with Crippen LogP contribution in [0.25, 0.3) is 0 Å². The minimum Gasteiger partial charge on any atom is -0.497 e. The van der Waals surface area contributed by atoms with Gasteiger partial charge < -0.3 is 18.6 Å². The molecule has 1 aliphatic rings. The van der Waals surface area contributed by atoms with E-state index >= 15 is 0 Å². The van der Waals surface area contributed by atoms with Gasteiger partial charge in [-0.2, -0.15) is 4.99 Å². The van der Waals surface area contributed by atoms with E-state index in [-0.39, 0.29) is 11.8 Å². The molecule has 0 bridgehead atoms. The Morgan fingerprint density at radius 3 is 2.68 bits per heavy atom. The van der Waals surface area contributed by atoms with Crippen molar-refractivity contribution in [3.05, 3.63) is 68.9 Å². The highest BCUT2D eigenvalue weighted by atomic mass is 32.1. The molecule has 0 unspecified atom stereocenters. The minimum absolute atomic E-state index is 0.0647. The molecule has 2 aromatic heterocycles. The quantitative estimate of drug-likeness (QED) is 0.606. The van der Waals surface area contributed by atoms with Crippen LogP contribution in [0.15, 0.2) is 45.8 Å². The van der Waals surface area contributed by atoms with Crippen LogP contribution in [0.3, 0.4) is 0 Å². The fourth-order valence-corrected chi connectivity index (χ4v) is 4.56. The molecular formula is C23H25N3O4S. The Bertz CT molecular complexity index is 1180. The fourth-order valence-electron chi connectivity index (χ4n) is 3.59. The molecule has 1 fully saturated rings. The van der Waals surface area contributed by atoms with Crippen LogP contribution in [0.4, 0.5) is 0 Å². The van der Waals surface area contributed by atoms with Crippen LogP contribution in [-0.4, -0.2) is 41.5 Å². The van der Waals surface area contributed by atoms with Crippen LogP contribution >= 0.6 is 11.3 Å². The van der Waals surface area contributed by atoms with Gasteiger partial charge in [0.2, 0.25) is 0 Å². The molecule has 1 saturated heterocycles. The van der Waals surface area contributed by atoms with Crippen LogP contribution in [0, 0.1) is 13.8 Å². The number of methoxy groups -OCH3 is 1. The van der Waals surface area contributed by atoms with Crippen molar-refractivity contribution in [2.75, 3.05) is 20.2 Å². The van der Waals surface area contributed by atoms with E-state index in [1.54, 1.807) is 37.4 Å². The van der Waals surface area contributed by atoms with Gasteiger partial charge in [0.25, 0.3) is 11.8 Å². The molecule has 1 aliphatic heterocycles. The van der Waals surface area contributed by atoms with Gasteiger partial charge in [-0.25, -0.2) is 0 Å². The van der Waals surface area contributed by atoms with Gasteiger partial charge >= 0.3 is 0 Å². The fraction of sp³-hybridized carbons (Fsp3) is 0.348. The SMILES string of the molecule is COc1cccc(C(=O)N=c2sc(C)c(C)n2Cc2ccc(C(=O)N3CCCC3)o2)c1. The van der Waals surface area contributed by atoms with Crippen molar-refractivity contribution in [3.63, 3.8) is 0 Å². The number of nitrogens with zero attached hydrogens (tertiary/aromatic N) is 3. The van der Waals surface area contributed by atoms with E-state index in [9.17, 15) is 9.59 Å². The molecule has 0 saturated carbocycles. The first-order valence-electron chi connectivity index (χ1n) is 10.2. The molecule has 31 heavy (non-hydrogen) atoms. The van der Waals surface area contributed by atoms with Gasteiger partial charge in [-0.3, -0.25) is 9.59 Å². The van der Waals surface area contributed by atoms with E-state index in [0.717, 1.165) is 36.5 Å². The van der Waals surface area contributed by atoms with Crippen LogP contribution < -0.4 is 9.54 Å². The van der Waals surface area contributed by atoms with Crippen molar-refractivity contribution in [1.82, 2.24) is 9.47 Å².